The molecule has 0 fully saturated rings. The SMILES string of the molecule is Cc1nc(C)c(COC(=O)c2ccc(S(=O)C(C)C)cc2)s1. The summed E-state index contributed by atoms with van der Waals surface area (Å²) in [6.45, 7) is 7.87. The molecule has 4 nitrogen and oxygen atoms in total. The Hall–Kier alpha value is -1.53. The number of aryl methyl sites for hydroxylation is 2. The Bertz CT molecular complexity index is 690. The lowest BCUT2D eigenvalue weighted by Crippen LogP contribution is -2.08. The van der Waals surface area contributed by atoms with Gasteiger partial charge < -0.3 is 4.74 Å². The van der Waals surface area contributed by atoms with Crippen LogP contribution in [0.15, 0.2) is 29.2 Å². The van der Waals surface area contributed by atoms with Crippen LogP contribution in [-0.4, -0.2) is 20.4 Å². The molecule has 22 heavy (non-hydrogen) atoms. The predicted octanol–water partition coefficient (Wildman–Crippen LogP) is 3.63. The van der Waals surface area contributed by atoms with E-state index in [-0.39, 0.29) is 17.8 Å². The van der Waals surface area contributed by atoms with Gasteiger partial charge >= 0.3 is 5.97 Å². The molecule has 0 amide bonds. The summed E-state index contributed by atoms with van der Waals surface area (Å²) in [6, 6.07) is 6.75. The van der Waals surface area contributed by atoms with Crippen LogP contribution in [0.4, 0.5) is 0 Å². The van der Waals surface area contributed by atoms with Crippen LogP contribution in [0.5, 0.6) is 0 Å². The molecule has 118 valence electrons. The van der Waals surface area contributed by atoms with Gasteiger partial charge in [-0.2, -0.15) is 0 Å². The highest BCUT2D eigenvalue weighted by molar-refractivity contribution is 7.85. The molecule has 2 rings (SSSR count). The zero-order chi connectivity index (χ0) is 16.3. The number of benzene rings is 1. The Balaban J connectivity index is 2.01. The fourth-order valence-electron chi connectivity index (χ4n) is 1.92. The molecule has 2 aromatic rings. The Labute approximate surface area is 137 Å². The van der Waals surface area contributed by atoms with Gasteiger partial charge in [-0.1, -0.05) is 13.8 Å². The molecular formula is C16H19NO3S2. The van der Waals surface area contributed by atoms with E-state index in [2.05, 4.69) is 4.98 Å². The van der Waals surface area contributed by atoms with Crippen LogP contribution in [0, 0.1) is 13.8 Å². The van der Waals surface area contributed by atoms with Crippen LogP contribution >= 0.6 is 11.3 Å². The predicted molar refractivity (Wildman–Crippen MR) is 88.7 cm³/mol. The third kappa shape index (κ3) is 4.01. The summed E-state index contributed by atoms with van der Waals surface area (Å²) in [6.07, 6.45) is 0. The van der Waals surface area contributed by atoms with Gasteiger partial charge in [0.25, 0.3) is 0 Å². The zero-order valence-corrected chi connectivity index (χ0v) is 14.7. The molecule has 0 aliphatic heterocycles. The summed E-state index contributed by atoms with van der Waals surface area (Å²) in [5, 5.41) is 1.01. The molecular weight excluding hydrogens is 318 g/mol. The number of carbonyl (C=O) groups is 1. The van der Waals surface area contributed by atoms with Crippen molar-refractivity contribution in [2.75, 3.05) is 0 Å². The topological polar surface area (TPSA) is 56.3 Å². The normalized spacial score (nSPS) is 12.4. The molecule has 1 aromatic carbocycles. The summed E-state index contributed by atoms with van der Waals surface area (Å²) in [5.74, 6) is -0.382. The van der Waals surface area contributed by atoms with E-state index in [4.69, 9.17) is 4.74 Å². The van der Waals surface area contributed by atoms with Gasteiger partial charge in [0.1, 0.15) is 6.61 Å². The molecule has 1 heterocycles. The monoisotopic (exact) mass is 337 g/mol. The molecule has 6 heteroatoms. The van der Waals surface area contributed by atoms with E-state index in [0.717, 1.165) is 20.5 Å². The summed E-state index contributed by atoms with van der Waals surface area (Å²) in [5.41, 5.74) is 1.36. The van der Waals surface area contributed by atoms with Crippen LogP contribution in [0.3, 0.4) is 0 Å². The van der Waals surface area contributed by atoms with E-state index >= 15 is 0 Å². The second kappa shape index (κ2) is 7.15. The van der Waals surface area contributed by atoms with Crippen molar-refractivity contribution in [3.05, 3.63) is 45.4 Å². The van der Waals surface area contributed by atoms with E-state index in [1.165, 1.54) is 11.3 Å². The van der Waals surface area contributed by atoms with Gasteiger partial charge in [-0.05, 0) is 38.1 Å². The van der Waals surface area contributed by atoms with E-state index < -0.39 is 10.8 Å². The van der Waals surface area contributed by atoms with Gasteiger partial charge in [-0.3, -0.25) is 4.21 Å². The molecule has 0 saturated carbocycles. The Morgan fingerprint density at radius 3 is 2.41 bits per heavy atom. The van der Waals surface area contributed by atoms with Gasteiger partial charge in [-0.15, -0.1) is 11.3 Å². The molecule has 0 saturated heterocycles. The maximum atomic E-state index is 12.0. The molecule has 1 unspecified atom stereocenters. The minimum absolute atomic E-state index is 0.0512. The van der Waals surface area contributed by atoms with Crippen LogP contribution < -0.4 is 0 Å². The van der Waals surface area contributed by atoms with Crippen molar-refractivity contribution in [3.63, 3.8) is 0 Å². The maximum absolute atomic E-state index is 12.0. The highest BCUT2D eigenvalue weighted by Crippen LogP contribution is 2.19. The summed E-state index contributed by atoms with van der Waals surface area (Å²) in [7, 11) is -1.05. The second-order valence-electron chi connectivity index (χ2n) is 5.19. The lowest BCUT2D eigenvalue weighted by atomic mass is 10.2. The number of thiazole rings is 1. The number of rotatable bonds is 5. The first-order valence-corrected chi connectivity index (χ1v) is 9.02. The lowest BCUT2D eigenvalue weighted by molar-refractivity contribution is 0.0476. The molecule has 0 aliphatic carbocycles. The quantitative estimate of drug-likeness (QED) is 0.782. The first kappa shape index (κ1) is 16.8. The lowest BCUT2D eigenvalue weighted by Gasteiger charge is -2.07. The van der Waals surface area contributed by atoms with E-state index in [0.29, 0.717) is 5.56 Å². The molecule has 1 aromatic heterocycles. The van der Waals surface area contributed by atoms with Gasteiger partial charge in [0.05, 0.1) is 31.9 Å². The first-order chi connectivity index (χ1) is 10.4. The molecule has 0 spiro atoms. The average molecular weight is 337 g/mol. The fourth-order valence-corrected chi connectivity index (χ4v) is 3.72. The third-order valence-corrected chi connectivity index (χ3v) is 5.72. The number of nitrogens with zero attached hydrogens (tertiary/aromatic N) is 1. The molecule has 1 atom stereocenters. The maximum Gasteiger partial charge on any atom is 0.338 e. The average Bonchev–Trinajstić information content (AvgIpc) is 2.82. The van der Waals surface area contributed by atoms with Crippen molar-refractivity contribution >= 4 is 28.1 Å². The zero-order valence-electron chi connectivity index (χ0n) is 13.1. The largest absolute Gasteiger partial charge is 0.456 e. The number of hydrogen-bond acceptors (Lipinski definition) is 5. The van der Waals surface area contributed by atoms with Crippen LogP contribution in [-0.2, 0) is 22.1 Å². The smallest absolute Gasteiger partial charge is 0.338 e. The van der Waals surface area contributed by atoms with Crippen molar-refractivity contribution < 1.29 is 13.7 Å². The van der Waals surface area contributed by atoms with Crippen molar-refractivity contribution in [1.82, 2.24) is 4.98 Å². The van der Waals surface area contributed by atoms with Gasteiger partial charge in [-0.25, -0.2) is 9.78 Å². The van der Waals surface area contributed by atoms with Crippen LogP contribution in [0.25, 0.3) is 0 Å². The number of ether oxygens (including phenoxy) is 1. The molecule has 0 N–H and O–H groups in total. The van der Waals surface area contributed by atoms with Crippen LogP contribution in [0.1, 0.15) is 39.8 Å². The number of esters is 1. The standard InChI is InChI=1S/C16H19NO3S2/c1-10(2)22(19)14-7-5-13(6-8-14)16(18)20-9-15-11(3)17-12(4)21-15/h5-8,10H,9H2,1-4H3. The van der Waals surface area contributed by atoms with Crippen molar-refractivity contribution in [1.29, 1.82) is 0 Å². The number of carbonyl (C=O) groups excluding carboxylic acids is 1. The molecule has 0 aliphatic rings. The Morgan fingerprint density at radius 1 is 1.27 bits per heavy atom. The van der Waals surface area contributed by atoms with E-state index in [1.807, 2.05) is 27.7 Å². The number of hydrogen-bond donors (Lipinski definition) is 0. The van der Waals surface area contributed by atoms with Crippen molar-refractivity contribution in [2.45, 2.75) is 44.4 Å². The van der Waals surface area contributed by atoms with E-state index in [9.17, 15) is 9.00 Å². The number of aromatic nitrogens is 1. The third-order valence-electron chi connectivity index (χ3n) is 3.08. The minimum Gasteiger partial charge on any atom is -0.456 e. The molecule has 0 radical (unpaired) electrons. The van der Waals surface area contributed by atoms with Gasteiger partial charge in [0, 0.05) is 10.1 Å². The fraction of sp³-hybridized carbons (Fsp3) is 0.375. The highest BCUT2D eigenvalue weighted by atomic mass is 32.2. The first-order valence-electron chi connectivity index (χ1n) is 6.99. The Morgan fingerprint density at radius 2 is 1.91 bits per heavy atom. The van der Waals surface area contributed by atoms with E-state index in [1.54, 1.807) is 24.3 Å². The van der Waals surface area contributed by atoms with Crippen LogP contribution in [0.2, 0.25) is 0 Å². The summed E-state index contributed by atoms with van der Waals surface area (Å²) in [4.78, 5) is 18.0. The summed E-state index contributed by atoms with van der Waals surface area (Å²) < 4.78 is 17.3. The Kier molecular flexibility index (Phi) is 5.47. The molecule has 0 bridgehead atoms. The minimum atomic E-state index is -1.05. The van der Waals surface area contributed by atoms with Crippen molar-refractivity contribution in [3.8, 4) is 0 Å². The van der Waals surface area contributed by atoms with Crippen molar-refractivity contribution in [2.24, 2.45) is 0 Å². The van der Waals surface area contributed by atoms with Gasteiger partial charge in [0.15, 0.2) is 0 Å². The summed E-state index contributed by atoms with van der Waals surface area (Å²) >= 11 is 1.53. The highest BCUT2D eigenvalue weighted by Gasteiger charge is 2.13. The second-order valence-corrected chi connectivity index (χ2v) is 8.48. The van der Waals surface area contributed by atoms with Gasteiger partial charge in [0.2, 0.25) is 0 Å².